The Balaban J connectivity index is 1.51. The van der Waals surface area contributed by atoms with Gasteiger partial charge in [0.2, 0.25) is 11.8 Å². The number of nitrogens with zero attached hydrogens (tertiary/aromatic N) is 2. The van der Waals surface area contributed by atoms with Gasteiger partial charge in [0, 0.05) is 32.6 Å². The number of hydrogen-bond acceptors (Lipinski definition) is 3. The third-order valence-electron chi connectivity index (χ3n) is 5.66. The number of rotatable bonds is 6. The molecule has 2 fully saturated rings. The molecule has 5 heteroatoms. The first-order valence-electron chi connectivity index (χ1n) is 9.51. The predicted octanol–water partition coefficient (Wildman–Crippen LogP) is 2.33. The van der Waals surface area contributed by atoms with Crippen LogP contribution in [0, 0.1) is 5.92 Å². The second kappa shape index (κ2) is 8.48. The fourth-order valence-electron chi connectivity index (χ4n) is 4.20. The van der Waals surface area contributed by atoms with Gasteiger partial charge < -0.3 is 10.6 Å². The van der Waals surface area contributed by atoms with Crippen LogP contribution in [0.1, 0.15) is 50.1 Å². The van der Waals surface area contributed by atoms with Crippen LogP contribution >= 0.6 is 0 Å². The summed E-state index contributed by atoms with van der Waals surface area (Å²) in [6.07, 6.45) is 6.93. The molecule has 0 unspecified atom stereocenters. The molecule has 1 atom stereocenters. The minimum absolute atomic E-state index is 0.266. The zero-order valence-electron chi connectivity index (χ0n) is 14.9. The van der Waals surface area contributed by atoms with Crippen LogP contribution in [0.25, 0.3) is 0 Å². The van der Waals surface area contributed by atoms with Gasteiger partial charge in [0.1, 0.15) is 6.04 Å². The topological polar surface area (TPSA) is 66.6 Å². The molecule has 1 aliphatic heterocycles. The molecule has 2 N–H and O–H groups in total. The highest BCUT2D eigenvalue weighted by Gasteiger charge is 2.30. The quantitative estimate of drug-likeness (QED) is 0.862. The highest BCUT2D eigenvalue weighted by atomic mass is 16.2. The largest absolute Gasteiger partial charge is 0.368 e. The number of benzene rings is 1. The van der Waals surface area contributed by atoms with Gasteiger partial charge in [-0.2, -0.15) is 0 Å². The minimum atomic E-state index is -0.406. The molecule has 1 heterocycles. The summed E-state index contributed by atoms with van der Waals surface area (Å²) in [4.78, 5) is 28.5. The summed E-state index contributed by atoms with van der Waals surface area (Å²) in [5, 5.41) is 0. The normalized spacial score (nSPS) is 20.6. The summed E-state index contributed by atoms with van der Waals surface area (Å²) in [5.41, 5.74) is 6.58. The maximum absolute atomic E-state index is 12.5. The molecular formula is C20H29N3O2. The minimum Gasteiger partial charge on any atom is -0.368 e. The van der Waals surface area contributed by atoms with E-state index < -0.39 is 6.04 Å². The van der Waals surface area contributed by atoms with E-state index in [1.54, 1.807) is 0 Å². The van der Waals surface area contributed by atoms with Gasteiger partial charge in [0.05, 0.1) is 0 Å². The van der Waals surface area contributed by atoms with E-state index >= 15 is 0 Å². The van der Waals surface area contributed by atoms with Gasteiger partial charge >= 0.3 is 0 Å². The highest BCUT2D eigenvalue weighted by molar-refractivity contribution is 5.81. The van der Waals surface area contributed by atoms with Crippen LogP contribution in [-0.2, 0) is 9.59 Å². The number of carbonyl (C=O) groups excluding carboxylic acids is 2. The van der Waals surface area contributed by atoms with Crippen molar-refractivity contribution in [2.24, 2.45) is 11.7 Å². The molecular weight excluding hydrogens is 314 g/mol. The molecule has 2 amide bonds. The zero-order chi connectivity index (χ0) is 17.6. The Morgan fingerprint density at radius 3 is 2.28 bits per heavy atom. The Morgan fingerprint density at radius 2 is 1.68 bits per heavy atom. The van der Waals surface area contributed by atoms with Gasteiger partial charge in [-0.1, -0.05) is 56.0 Å². The van der Waals surface area contributed by atoms with E-state index in [9.17, 15) is 9.59 Å². The molecule has 2 aliphatic rings. The highest BCUT2D eigenvalue weighted by Crippen LogP contribution is 2.29. The van der Waals surface area contributed by atoms with Crippen LogP contribution in [0.4, 0.5) is 0 Å². The molecule has 0 spiro atoms. The summed E-state index contributed by atoms with van der Waals surface area (Å²) in [5.74, 6) is 0.691. The van der Waals surface area contributed by atoms with Crippen LogP contribution in [0.2, 0.25) is 0 Å². The van der Waals surface area contributed by atoms with Crippen molar-refractivity contribution in [2.45, 2.75) is 44.6 Å². The molecule has 25 heavy (non-hydrogen) atoms. The van der Waals surface area contributed by atoms with Gasteiger partial charge in [-0.05, 0) is 17.9 Å². The third-order valence-corrected chi connectivity index (χ3v) is 5.66. The Hall–Kier alpha value is -1.88. The van der Waals surface area contributed by atoms with Gasteiger partial charge in [0.15, 0.2) is 0 Å². The molecule has 0 bridgehead atoms. The number of primary amides is 1. The van der Waals surface area contributed by atoms with Gasteiger partial charge in [-0.25, -0.2) is 0 Å². The number of amides is 2. The molecule has 0 aromatic heterocycles. The molecule has 1 aromatic carbocycles. The van der Waals surface area contributed by atoms with Crippen molar-refractivity contribution in [1.29, 1.82) is 0 Å². The van der Waals surface area contributed by atoms with Crippen LogP contribution in [0.15, 0.2) is 30.3 Å². The summed E-state index contributed by atoms with van der Waals surface area (Å²) >= 11 is 0. The van der Waals surface area contributed by atoms with Crippen LogP contribution in [0.3, 0.4) is 0 Å². The van der Waals surface area contributed by atoms with Crippen LogP contribution < -0.4 is 5.73 Å². The average Bonchev–Trinajstić information content (AvgIpc) is 3.15. The SMILES string of the molecule is NC(=O)[C@@H](c1ccccc1)N1CCN(C(=O)CCC2CCCC2)CC1. The smallest absolute Gasteiger partial charge is 0.239 e. The van der Waals surface area contributed by atoms with Gasteiger partial charge in [0.25, 0.3) is 0 Å². The second-order valence-corrected chi connectivity index (χ2v) is 7.32. The van der Waals surface area contributed by atoms with Crippen LogP contribution in [-0.4, -0.2) is 47.8 Å². The number of nitrogens with two attached hydrogens (primary N) is 1. The molecule has 3 rings (SSSR count). The molecule has 0 radical (unpaired) electrons. The lowest BCUT2D eigenvalue weighted by Crippen LogP contribution is -2.51. The summed E-state index contributed by atoms with van der Waals surface area (Å²) < 4.78 is 0. The first-order valence-corrected chi connectivity index (χ1v) is 9.51. The van der Waals surface area contributed by atoms with Crippen molar-refractivity contribution >= 4 is 11.8 Å². The zero-order valence-corrected chi connectivity index (χ0v) is 14.9. The van der Waals surface area contributed by atoms with Crippen molar-refractivity contribution < 1.29 is 9.59 Å². The first kappa shape index (κ1) is 17.9. The standard InChI is InChI=1S/C20H29N3O2/c21-20(25)19(17-8-2-1-3-9-17)23-14-12-22(13-15-23)18(24)11-10-16-6-4-5-7-16/h1-3,8-9,16,19H,4-7,10-15H2,(H2,21,25)/t19-/m1/s1. The van der Waals surface area contributed by atoms with E-state index in [2.05, 4.69) is 4.90 Å². The molecule has 1 saturated heterocycles. The molecule has 136 valence electrons. The van der Waals surface area contributed by atoms with E-state index in [1.807, 2.05) is 35.2 Å². The predicted molar refractivity (Wildman–Crippen MR) is 97.7 cm³/mol. The monoisotopic (exact) mass is 343 g/mol. The molecule has 1 aromatic rings. The van der Waals surface area contributed by atoms with E-state index in [0.29, 0.717) is 32.6 Å². The van der Waals surface area contributed by atoms with Gasteiger partial charge in [-0.15, -0.1) is 0 Å². The Morgan fingerprint density at radius 1 is 1.04 bits per heavy atom. The van der Waals surface area contributed by atoms with Gasteiger partial charge in [-0.3, -0.25) is 14.5 Å². The Labute approximate surface area is 150 Å². The van der Waals surface area contributed by atoms with Crippen molar-refractivity contribution in [3.8, 4) is 0 Å². The molecule has 1 saturated carbocycles. The average molecular weight is 343 g/mol. The lowest BCUT2D eigenvalue weighted by atomic mass is 10.0. The van der Waals surface area contributed by atoms with Crippen molar-refractivity contribution in [3.05, 3.63) is 35.9 Å². The number of carbonyl (C=O) groups is 2. The summed E-state index contributed by atoms with van der Waals surface area (Å²) in [6.45, 7) is 2.75. The molecule has 1 aliphatic carbocycles. The van der Waals surface area contributed by atoms with Crippen molar-refractivity contribution in [2.75, 3.05) is 26.2 Å². The van der Waals surface area contributed by atoms with E-state index in [4.69, 9.17) is 5.73 Å². The van der Waals surface area contributed by atoms with E-state index in [-0.39, 0.29) is 11.8 Å². The fourth-order valence-corrected chi connectivity index (χ4v) is 4.20. The summed E-state index contributed by atoms with van der Waals surface area (Å²) in [6, 6.07) is 9.25. The van der Waals surface area contributed by atoms with Crippen molar-refractivity contribution in [3.63, 3.8) is 0 Å². The Bertz CT molecular complexity index is 576. The van der Waals surface area contributed by atoms with Crippen molar-refractivity contribution in [1.82, 2.24) is 9.80 Å². The van der Waals surface area contributed by atoms with E-state index in [1.165, 1.54) is 25.7 Å². The Kier molecular flexibility index (Phi) is 6.08. The lowest BCUT2D eigenvalue weighted by molar-refractivity contribution is -0.134. The maximum atomic E-state index is 12.5. The second-order valence-electron chi connectivity index (χ2n) is 7.32. The maximum Gasteiger partial charge on any atom is 0.239 e. The summed E-state index contributed by atoms with van der Waals surface area (Å²) in [7, 11) is 0. The number of hydrogen-bond donors (Lipinski definition) is 1. The number of piperazine rings is 1. The molecule has 5 nitrogen and oxygen atoms in total. The lowest BCUT2D eigenvalue weighted by Gasteiger charge is -2.38. The van der Waals surface area contributed by atoms with Crippen LogP contribution in [0.5, 0.6) is 0 Å². The third kappa shape index (κ3) is 4.60. The van der Waals surface area contributed by atoms with E-state index in [0.717, 1.165) is 17.9 Å². The first-order chi connectivity index (χ1) is 12.1. The fraction of sp³-hybridized carbons (Fsp3) is 0.600.